The number of amides is 1. The Bertz CT molecular complexity index is 862. The van der Waals surface area contributed by atoms with Crippen molar-refractivity contribution in [2.75, 3.05) is 7.11 Å². The van der Waals surface area contributed by atoms with Crippen LogP contribution in [0.15, 0.2) is 29.5 Å². The van der Waals surface area contributed by atoms with E-state index in [-0.39, 0.29) is 11.9 Å². The smallest absolute Gasteiger partial charge is 0.268 e. The van der Waals surface area contributed by atoms with E-state index in [1.165, 1.54) is 0 Å². The molecule has 1 fully saturated rings. The van der Waals surface area contributed by atoms with Crippen LogP contribution >= 0.6 is 0 Å². The lowest BCUT2D eigenvalue weighted by Gasteiger charge is -2.12. The number of hydrogen-bond acceptors (Lipinski definition) is 4. The Balaban J connectivity index is 1.74. The zero-order chi connectivity index (χ0) is 17.6. The van der Waals surface area contributed by atoms with Crippen LogP contribution in [0, 0.1) is 0 Å². The summed E-state index contributed by atoms with van der Waals surface area (Å²) in [4.78, 5) is 21.6. The summed E-state index contributed by atoms with van der Waals surface area (Å²) in [7, 11) is 1.62. The number of methoxy groups -OCH3 is 1. The third-order valence-electron chi connectivity index (χ3n) is 4.66. The number of fused-ring (bicyclic) bond motifs is 1. The van der Waals surface area contributed by atoms with Crippen LogP contribution in [-0.4, -0.2) is 34.3 Å². The Hall–Kier alpha value is -2.63. The lowest BCUT2D eigenvalue weighted by Crippen LogP contribution is -2.27. The number of nitrogens with zero attached hydrogens (tertiary/aromatic N) is 3. The van der Waals surface area contributed by atoms with Crippen LogP contribution in [0.2, 0.25) is 0 Å². The predicted octanol–water partition coefficient (Wildman–Crippen LogP) is 2.72. The van der Waals surface area contributed by atoms with E-state index in [4.69, 9.17) is 4.74 Å². The van der Waals surface area contributed by atoms with Gasteiger partial charge in [0.2, 0.25) is 5.88 Å². The molecule has 0 unspecified atom stereocenters. The number of aromatic nitrogens is 2. The summed E-state index contributed by atoms with van der Waals surface area (Å²) in [5, 5.41) is 3.07. The van der Waals surface area contributed by atoms with E-state index in [1.807, 2.05) is 22.9 Å². The molecule has 0 radical (unpaired) electrons. The SMILES string of the molecule is COc1nccc2c1C(c1cc(C(=O)NC3CC3)n(C(C)C)c1)=NC2. The normalized spacial score (nSPS) is 15.9. The molecule has 25 heavy (non-hydrogen) atoms. The van der Waals surface area contributed by atoms with Crippen molar-refractivity contribution in [3.05, 3.63) is 46.9 Å². The van der Waals surface area contributed by atoms with E-state index in [9.17, 15) is 4.79 Å². The predicted molar refractivity (Wildman–Crippen MR) is 95.4 cm³/mol. The maximum Gasteiger partial charge on any atom is 0.268 e. The van der Waals surface area contributed by atoms with Gasteiger partial charge in [0.05, 0.1) is 24.9 Å². The van der Waals surface area contributed by atoms with Crippen molar-refractivity contribution in [2.24, 2.45) is 4.99 Å². The number of hydrogen-bond donors (Lipinski definition) is 1. The maximum absolute atomic E-state index is 12.6. The second-order valence-corrected chi connectivity index (χ2v) is 6.88. The van der Waals surface area contributed by atoms with Crippen LogP contribution < -0.4 is 10.1 Å². The molecule has 130 valence electrons. The maximum atomic E-state index is 12.6. The minimum atomic E-state index is -0.0144. The van der Waals surface area contributed by atoms with Crippen molar-refractivity contribution in [2.45, 2.75) is 45.3 Å². The largest absolute Gasteiger partial charge is 0.480 e. The van der Waals surface area contributed by atoms with Gasteiger partial charge >= 0.3 is 0 Å². The summed E-state index contributed by atoms with van der Waals surface area (Å²) >= 11 is 0. The molecule has 1 saturated carbocycles. The van der Waals surface area contributed by atoms with E-state index in [0.29, 0.717) is 24.2 Å². The van der Waals surface area contributed by atoms with Gasteiger partial charge in [-0.25, -0.2) is 4.98 Å². The van der Waals surface area contributed by atoms with Crippen molar-refractivity contribution in [1.82, 2.24) is 14.9 Å². The molecule has 0 spiro atoms. The van der Waals surface area contributed by atoms with Gasteiger partial charge in [-0.05, 0) is 44.4 Å². The van der Waals surface area contributed by atoms with Crippen molar-refractivity contribution in [3.63, 3.8) is 0 Å². The lowest BCUT2D eigenvalue weighted by atomic mass is 10.0. The van der Waals surface area contributed by atoms with Gasteiger partial charge in [-0.3, -0.25) is 9.79 Å². The van der Waals surface area contributed by atoms with E-state index >= 15 is 0 Å². The second-order valence-electron chi connectivity index (χ2n) is 6.88. The van der Waals surface area contributed by atoms with E-state index < -0.39 is 0 Å². The van der Waals surface area contributed by atoms with Crippen molar-refractivity contribution in [1.29, 1.82) is 0 Å². The Kier molecular flexibility index (Phi) is 3.82. The Morgan fingerprint density at radius 2 is 2.20 bits per heavy atom. The quantitative estimate of drug-likeness (QED) is 0.911. The molecule has 1 amide bonds. The highest BCUT2D eigenvalue weighted by Crippen LogP contribution is 2.30. The molecule has 6 nitrogen and oxygen atoms in total. The molecule has 0 bridgehead atoms. The molecular weight excluding hydrogens is 316 g/mol. The summed E-state index contributed by atoms with van der Waals surface area (Å²) in [5.74, 6) is 0.564. The van der Waals surface area contributed by atoms with E-state index in [1.54, 1.807) is 13.3 Å². The Morgan fingerprint density at radius 3 is 2.88 bits per heavy atom. The molecule has 2 aromatic rings. The molecule has 0 aromatic carbocycles. The highest BCUT2D eigenvalue weighted by atomic mass is 16.5. The lowest BCUT2D eigenvalue weighted by molar-refractivity contribution is 0.0940. The third-order valence-corrected chi connectivity index (χ3v) is 4.66. The highest BCUT2D eigenvalue weighted by Gasteiger charge is 2.28. The fraction of sp³-hybridized carbons (Fsp3) is 0.421. The van der Waals surface area contributed by atoms with Gasteiger partial charge in [0.25, 0.3) is 5.91 Å². The number of ether oxygens (including phenoxy) is 1. The van der Waals surface area contributed by atoms with Gasteiger partial charge in [0, 0.05) is 30.0 Å². The molecule has 1 aliphatic carbocycles. The van der Waals surface area contributed by atoms with Crippen LogP contribution in [0.5, 0.6) is 5.88 Å². The molecule has 1 aliphatic heterocycles. The van der Waals surface area contributed by atoms with Gasteiger partial charge in [-0.15, -0.1) is 0 Å². The standard InChI is InChI=1S/C19H22N4O2/c1-11(2)23-10-13(8-15(23)18(24)22-14-4-5-14)17-16-12(9-21-17)6-7-20-19(16)25-3/h6-8,10-11,14H,4-5,9H2,1-3H3,(H,22,24). The third kappa shape index (κ3) is 2.81. The molecule has 4 rings (SSSR count). The number of carbonyl (C=O) groups excluding carboxylic acids is 1. The van der Waals surface area contributed by atoms with Gasteiger partial charge < -0.3 is 14.6 Å². The monoisotopic (exact) mass is 338 g/mol. The minimum absolute atomic E-state index is 0.0144. The van der Waals surface area contributed by atoms with Gasteiger partial charge in [-0.1, -0.05) is 0 Å². The number of rotatable bonds is 5. The number of pyridine rings is 1. The van der Waals surface area contributed by atoms with Gasteiger partial charge in [0.15, 0.2) is 0 Å². The first-order valence-electron chi connectivity index (χ1n) is 8.68. The molecule has 1 N–H and O–H groups in total. The molecule has 2 aromatic heterocycles. The summed E-state index contributed by atoms with van der Waals surface area (Å²) in [6, 6.07) is 4.42. The average Bonchev–Trinajstić information content (AvgIpc) is 3.13. The van der Waals surface area contributed by atoms with Gasteiger partial charge in [-0.2, -0.15) is 0 Å². The number of carbonyl (C=O) groups is 1. The first-order chi connectivity index (χ1) is 12.1. The molecule has 0 saturated heterocycles. The summed E-state index contributed by atoms with van der Waals surface area (Å²) in [6.07, 6.45) is 5.89. The summed E-state index contributed by atoms with van der Waals surface area (Å²) in [6.45, 7) is 4.76. The zero-order valence-electron chi connectivity index (χ0n) is 14.7. The van der Waals surface area contributed by atoms with Gasteiger partial charge in [0.1, 0.15) is 5.69 Å². The first kappa shape index (κ1) is 15.9. The van der Waals surface area contributed by atoms with Crippen LogP contribution in [0.1, 0.15) is 59.9 Å². The van der Waals surface area contributed by atoms with Crippen LogP contribution in [0.3, 0.4) is 0 Å². The first-order valence-corrected chi connectivity index (χ1v) is 8.68. The van der Waals surface area contributed by atoms with Crippen LogP contribution in [-0.2, 0) is 6.54 Å². The fourth-order valence-electron chi connectivity index (χ4n) is 3.20. The Morgan fingerprint density at radius 1 is 1.40 bits per heavy atom. The topological polar surface area (TPSA) is 68.5 Å². The molecule has 2 aliphatic rings. The summed E-state index contributed by atoms with van der Waals surface area (Å²) < 4.78 is 7.43. The van der Waals surface area contributed by atoms with Crippen molar-refractivity contribution in [3.8, 4) is 5.88 Å². The summed E-state index contributed by atoms with van der Waals surface area (Å²) in [5.41, 5.74) is 4.48. The average molecular weight is 338 g/mol. The zero-order valence-corrected chi connectivity index (χ0v) is 14.7. The number of nitrogens with one attached hydrogen (secondary N) is 1. The van der Waals surface area contributed by atoms with Crippen LogP contribution in [0.25, 0.3) is 0 Å². The fourth-order valence-corrected chi connectivity index (χ4v) is 3.20. The van der Waals surface area contributed by atoms with E-state index in [2.05, 4.69) is 29.1 Å². The second kappa shape index (κ2) is 6.02. The highest BCUT2D eigenvalue weighted by molar-refractivity contribution is 6.17. The van der Waals surface area contributed by atoms with E-state index in [0.717, 1.165) is 35.2 Å². The molecule has 0 atom stereocenters. The van der Waals surface area contributed by atoms with Crippen molar-refractivity contribution < 1.29 is 9.53 Å². The van der Waals surface area contributed by atoms with Crippen molar-refractivity contribution >= 4 is 11.6 Å². The Labute approximate surface area is 146 Å². The van der Waals surface area contributed by atoms with Crippen LogP contribution in [0.4, 0.5) is 0 Å². The molecule has 6 heteroatoms. The molecule has 3 heterocycles. The number of aliphatic imine (C=N–C) groups is 1. The molecular formula is C19H22N4O2. The minimum Gasteiger partial charge on any atom is -0.480 e.